The van der Waals surface area contributed by atoms with E-state index < -0.39 is 0 Å². The van der Waals surface area contributed by atoms with Crippen molar-refractivity contribution in [2.45, 2.75) is 44.0 Å². The Balaban J connectivity index is 1.72. The lowest BCUT2D eigenvalue weighted by molar-refractivity contribution is -0.120. The van der Waals surface area contributed by atoms with E-state index in [-0.39, 0.29) is 23.0 Å². The maximum atomic E-state index is 13.1. The Bertz CT molecular complexity index is 972. The molecule has 0 aliphatic rings. The SMILES string of the molecule is Cc1cc(S[C@H](C)C(=O)N[C@@H](C)c2ccc(F)cc2)nc2c(C)cccc12. The normalized spacial score (nSPS) is 13.4. The number of fused-ring (bicyclic) bond motifs is 1. The molecule has 0 unspecified atom stereocenters. The Morgan fingerprint density at radius 1 is 1.07 bits per heavy atom. The summed E-state index contributed by atoms with van der Waals surface area (Å²) in [5, 5.41) is 4.68. The first-order valence-corrected chi connectivity index (χ1v) is 9.82. The largest absolute Gasteiger partial charge is 0.349 e. The molecule has 0 saturated carbocycles. The fraction of sp³-hybridized carbons (Fsp3) is 0.273. The van der Waals surface area contributed by atoms with Crippen LogP contribution in [-0.4, -0.2) is 16.1 Å². The molecule has 3 aromatic rings. The van der Waals surface area contributed by atoms with Crippen LogP contribution in [0.5, 0.6) is 0 Å². The molecule has 5 heteroatoms. The maximum Gasteiger partial charge on any atom is 0.233 e. The molecule has 27 heavy (non-hydrogen) atoms. The first kappa shape index (κ1) is 19.4. The fourth-order valence-corrected chi connectivity index (χ4v) is 3.92. The predicted molar refractivity (Wildman–Crippen MR) is 109 cm³/mol. The molecule has 2 aromatic carbocycles. The third kappa shape index (κ3) is 4.48. The number of amides is 1. The van der Waals surface area contributed by atoms with Gasteiger partial charge in [-0.05, 0) is 62.6 Å². The van der Waals surface area contributed by atoms with E-state index in [0.717, 1.165) is 32.6 Å². The Hall–Kier alpha value is -2.40. The molecule has 0 fully saturated rings. The summed E-state index contributed by atoms with van der Waals surface area (Å²) in [6.07, 6.45) is 0. The topological polar surface area (TPSA) is 42.0 Å². The summed E-state index contributed by atoms with van der Waals surface area (Å²) in [6, 6.07) is 14.2. The average molecular weight is 383 g/mol. The zero-order valence-electron chi connectivity index (χ0n) is 15.9. The number of aromatic nitrogens is 1. The number of benzene rings is 2. The number of nitrogens with one attached hydrogen (secondary N) is 1. The molecule has 0 aliphatic carbocycles. The monoisotopic (exact) mass is 382 g/mol. The van der Waals surface area contributed by atoms with E-state index in [1.54, 1.807) is 12.1 Å². The maximum absolute atomic E-state index is 13.1. The van der Waals surface area contributed by atoms with Crippen molar-refractivity contribution < 1.29 is 9.18 Å². The third-order valence-corrected chi connectivity index (χ3v) is 5.64. The van der Waals surface area contributed by atoms with Crippen LogP contribution in [0.25, 0.3) is 10.9 Å². The van der Waals surface area contributed by atoms with Gasteiger partial charge in [-0.25, -0.2) is 9.37 Å². The molecule has 1 aromatic heterocycles. The van der Waals surface area contributed by atoms with Gasteiger partial charge in [0.05, 0.1) is 21.8 Å². The number of rotatable bonds is 5. The molecule has 0 bridgehead atoms. The zero-order valence-corrected chi connectivity index (χ0v) is 16.7. The van der Waals surface area contributed by atoms with Crippen LogP contribution in [0.15, 0.2) is 53.6 Å². The summed E-state index contributed by atoms with van der Waals surface area (Å²) in [5.74, 6) is -0.351. The third-order valence-electron chi connectivity index (χ3n) is 4.62. The van der Waals surface area contributed by atoms with Crippen molar-refractivity contribution in [3.63, 3.8) is 0 Å². The van der Waals surface area contributed by atoms with Crippen LogP contribution in [0.4, 0.5) is 4.39 Å². The summed E-state index contributed by atoms with van der Waals surface area (Å²) in [4.78, 5) is 17.3. The molecule has 0 saturated heterocycles. The highest BCUT2D eigenvalue weighted by atomic mass is 32.2. The highest BCUT2D eigenvalue weighted by Crippen LogP contribution is 2.28. The van der Waals surface area contributed by atoms with Gasteiger partial charge < -0.3 is 5.32 Å². The molecule has 2 atom stereocenters. The van der Waals surface area contributed by atoms with Crippen LogP contribution < -0.4 is 5.32 Å². The van der Waals surface area contributed by atoms with Crippen molar-refractivity contribution in [2.24, 2.45) is 0 Å². The molecule has 1 heterocycles. The van der Waals surface area contributed by atoms with E-state index in [9.17, 15) is 9.18 Å². The predicted octanol–water partition coefficient (Wildman–Crippen LogP) is 5.35. The molecule has 0 aliphatic heterocycles. The minimum atomic E-state index is -0.290. The number of nitrogens with zero attached hydrogens (tertiary/aromatic N) is 1. The van der Waals surface area contributed by atoms with Gasteiger partial charge in [-0.2, -0.15) is 0 Å². The number of carbonyl (C=O) groups is 1. The fourth-order valence-electron chi connectivity index (χ4n) is 2.99. The van der Waals surface area contributed by atoms with Crippen LogP contribution in [-0.2, 0) is 4.79 Å². The number of hydrogen-bond acceptors (Lipinski definition) is 3. The van der Waals surface area contributed by atoms with E-state index in [1.165, 1.54) is 23.9 Å². The van der Waals surface area contributed by atoms with Crippen LogP contribution >= 0.6 is 11.8 Å². The number of thioether (sulfide) groups is 1. The van der Waals surface area contributed by atoms with Gasteiger partial charge in [0.2, 0.25) is 5.91 Å². The molecule has 1 N–H and O–H groups in total. The van der Waals surface area contributed by atoms with Gasteiger partial charge in [0.15, 0.2) is 0 Å². The second-order valence-corrected chi connectivity index (χ2v) is 8.15. The van der Waals surface area contributed by atoms with Crippen molar-refractivity contribution >= 4 is 28.6 Å². The summed E-state index contributed by atoms with van der Waals surface area (Å²) in [6.45, 7) is 7.87. The minimum Gasteiger partial charge on any atom is -0.349 e. The van der Waals surface area contributed by atoms with Crippen molar-refractivity contribution in [2.75, 3.05) is 0 Å². The van der Waals surface area contributed by atoms with Crippen LogP contribution in [0.1, 0.15) is 36.6 Å². The van der Waals surface area contributed by atoms with Gasteiger partial charge in [-0.1, -0.05) is 42.1 Å². The number of aryl methyl sites for hydroxylation is 2. The van der Waals surface area contributed by atoms with E-state index in [0.29, 0.717) is 0 Å². The highest BCUT2D eigenvalue weighted by Gasteiger charge is 2.18. The summed E-state index contributed by atoms with van der Waals surface area (Å²) in [5.41, 5.74) is 4.13. The Labute approximate surface area is 163 Å². The van der Waals surface area contributed by atoms with Crippen molar-refractivity contribution in [1.82, 2.24) is 10.3 Å². The standard InChI is InChI=1S/C22H23FN2OS/c1-13-6-5-7-19-14(2)12-20(25-21(13)19)27-16(4)22(26)24-15(3)17-8-10-18(23)11-9-17/h5-12,15-16H,1-4H3,(H,24,26)/t15-,16+/m0/s1. The molecule has 0 spiro atoms. The van der Waals surface area contributed by atoms with Crippen LogP contribution in [0.3, 0.4) is 0 Å². The average Bonchev–Trinajstić information content (AvgIpc) is 2.63. The minimum absolute atomic E-state index is 0.0684. The summed E-state index contributed by atoms with van der Waals surface area (Å²) >= 11 is 1.45. The smallest absolute Gasteiger partial charge is 0.233 e. The van der Waals surface area contributed by atoms with Gasteiger partial charge in [-0.3, -0.25) is 4.79 Å². The molecule has 1 amide bonds. The lowest BCUT2D eigenvalue weighted by Crippen LogP contribution is -2.33. The number of hydrogen-bond donors (Lipinski definition) is 1. The van der Waals surface area contributed by atoms with E-state index in [4.69, 9.17) is 4.98 Å². The summed E-state index contributed by atoms with van der Waals surface area (Å²) < 4.78 is 13.1. The second-order valence-electron chi connectivity index (χ2n) is 6.79. The first-order chi connectivity index (χ1) is 12.8. The zero-order chi connectivity index (χ0) is 19.6. The number of pyridine rings is 1. The second kappa shape index (κ2) is 8.09. The molecule has 3 rings (SSSR count). The molecular formula is C22H23FN2OS. The quantitative estimate of drug-likeness (QED) is 0.605. The van der Waals surface area contributed by atoms with Gasteiger partial charge in [0.1, 0.15) is 5.82 Å². The van der Waals surface area contributed by atoms with Gasteiger partial charge in [0.25, 0.3) is 0 Å². The van der Waals surface area contributed by atoms with E-state index >= 15 is 0 Å². The Morgan fingerprint density at radius 3 is 2.48 bits per heavy atom. The Morgan fingerprint density at radius 2 is 1.78 bits per heavy atom. The molecular weight excluding hydrogens is 359 g/mol. The first-order valence-electron chi connectivity index (χ1n) is 8.94. The number of carbonyl (C=O) groups excluding carboxylic acids is 1. The van der Waals surface area contributed by atoms with E-state index in [1.807, 2.05) is 39.0 Å². The van der Waals surface area contributed by atoms with Gasteiger partial charge in [0, 0.05) is 5.39 Å². The van der Waals surface area contributed by atoms with Crippen LogP contribution in [0, 0.1) is 19.7 Å². The molecule has 140 valence electrons. The lowest BCUT2D eigenvalue weighted by Gasteiger charge is -2.18. The Kier molecular flexibility index (Phi) is 5.80. The molecule has 3 nitrogen and oxygen atoms in total. The number of para-hydroxylation sites is 1. The lowest BCUT2D eigenvalue weighted by atomic mass is 10.1. The van der Waals surface area contributed by atoms with Crippen molar-refractivity contribution in [3.8, 4) is 0 Å². The summed E-state index contributed by atoms with van der Waals surface area (Å²) in [7, 11) is 0. The molecule has 0 radical (unpaired) electrons. The van der Waals surface area contributed by atoms with Gasteiger partial charge in [-0.15, -0.1) is 0 Å². The van der Waals surface area contributed by atoms with Crippen molar-refractivity contribution in [3.05, 3.63) is 71.0 Å². The van der Waals surface area contributed by atoms with Crippen LogP contribution in [0.2, 0.25) is 0 Å². The highest BCUT2D eigenvalue weighted by molar-refractivity contribution is 8.00. The van der Waals surface area contributed by atoms with Gasteiger partial charge >= 0.3 is 0 Å². The van der Waals surface area contributed by atoms with E-state index in [2.05, 4.69) is 18.3 Å². The van der Waals surface area contributed by atoms with Crippen molar-refractivity contribution in [1.29, 1.82) is 0 Å². The number of halogens is 1.